The van der Waals surface area contributed by atoms with Crippen molar-refractivity contribution in [3.05, 3.63) is 53.9 Å². The van der Waals surface area contributed by atoms with Crippen molar-refractivity contribution in [1.82, 2.24) is 25.3 Å². The van der Waals surface area contributed by atoms with Crippen LogP contribution < -0.4 is 10.6 Å². The largest absolute Gasteiger partial charge is 0.357 e. The van der Waals surface area contributed by atoms with Crippen LogP contribution in [0.1, 0.15) is 37.3 Å². The second-order valence-corrected chi connectivity index (χ2v) is 7.00. The Bertz CT molecular complexity index is 695. The highest BCUT2D eigenvalue weighted by Gasteiger charge is 2.10. The number of benzene rings is 1. The van der Waals surface area contributed by atoms with Crippen LogP contribution in [-0.2, 0) is 13.1 Å². The molecule has 1 aromatic carbocycles. The Morgan fingerprint density at radius 3 is 2.61 bits per heavy atom. The molecule has 3 rings (SSSR count). The molecular weight excluding hydrogens is 463 g/mol. The normalized spacial score (nSPS) is 14.7. The van der Waals surface area contributed by atoms with Gasteiger partial charge in [0, 0.05) is 25.5 Å². The first kappa shape index (κ1) is 22.7. The van der Waals surface area contributed by atoms with Crippen molar-refractivity contribution < 1.29 is 0 Å². The Labute approximate surface area is 185 Å². The molecule has 0 aliphatic carbocycles. The Morgan fingerprint density at radius 2 is 1.89 bits per heavy atom. The van der Waals surface area contributed by atoms with E-state index in [1.165, 1.54) is 43.6 Å². The third-order valence-corrected chi connectivity index (χ3v) is 4.90. The van der Waals surface area contributed by atoms with Crippen molar-refractivity contribution in [2.24, 2.45) is 4.99 Å². The van der Waals surface area contributed by atoms with Gasteiger partial charge in [0.2, 0.25) is 0 Å². The zero-order chi connectivity index (χ0) is 18.7. The summed E-state index contributed by atoms with van der Waals surface area (Å²) in [5, 5.41) is 11.1. The molecule has 1 aliphatic rings. The first-order valence-electron chi connectivity index (χ1n) is 10.1. The molecule has 1 aliphatic heterocycles. The Hall–Kier alpha value is -1.61. The van der Waals surface area contributed by atoms with Crippen LogP contribution in [0.25, 0.3) is 0 Å². The predicted molar refractivity (Wildman–Crippen MR) is 126 cm³/mol. The minimum atomic E-state index is 0. The summed E-state index contributed by atoms with van der Waals surface area (Å²) >= 11 is 0. The van der Waals surface area contributed by atoms with E-state index >= 15 is 0 Å². The fourth-order valence-corrected chi connectivity index (χ4v) is 3.46. The summed E-state index contributed by atoms with van der Waals surface area (Å²) < 4.78 is 1.95. The van der Waals surface area contributed by atoms with E-state index in [2.05, 4.69) is 51.8 Å². The molecule has 2 N–H and O–H groups in total. The highest BCUT2D eigenvalue weighted by atomic mass is 127. The van der Waals surface area contributed by atoms with Gasteiger partial charge in [-0.3, -0.25) is 4.68 Å². The number of hydrogen-bond donors (Lipinski definition) is 2. The summed E-state index contributed by atoms with van der Waals surface area (Å²) in [4.78, 5) is 7.35. The summed E-state index contributed by atoms with van der Waals surface area (Å²) in [6.45, 7) is 9.08. The van der Waals surface area contributed by atoms with E-state index in [4.69, 9.17) is 4.99 Å². The molecule has 0 spiro atoms. The summed E-state index contributed by atoms with van der Waals surface area (Å²) in [6.07, 6.45) is 7.67. The van der Waals surface area contributed by atoms with Gasteiger partial charge in [0.05, 0.1) is 13.1 Å². The maximum atomic E-state index is 4.79. The van der Waals surface area contributed by atoms with Crippen molar-refractivity contribution in [2.45, 2.75) is 39.3 Å². The van der Waals surface area contributed by atoms with E-state index in [1.54, 1.807) is 0 Å². The van der Waals surface area contributed by atoms with Crippen LogP contribution in [0.5, 0.6) is 0 Å². The predicted octanol–water partition coefficient (Wildman–Crippen LogP) is 3.09. The van der Waals surface area contributed by atoms with Crippen LogP contribution >= 0.6 is 24.0 Å². The lowest BCUT2D eigenvalue weighted by molar-refractivity contribution is 0.334. The minimum absolute atomic E-state index is 0. The van der Waals surface area contributed by atoms with Gasteiger partial charge in [-0.25, -0.2) is 4.99 Å². The van der Waals surface area contributed by atoms with Crippen molar-refractivity contribution in [3.63, 3.8) is 0 Å². The molecule has 1 fully saturated rings. The van der Waals surface area contributed by atoms with Gasteiger partial charge < -0.3 is 15.5 Å². The summed E-state index contributed by atoms with van der Waals surface area (Å²) in [7, 11) is 0. The fourth-order valence-electron chi connectivity index (χ4n) is 3.46. The van der Waals surface area contributed by atoms with Crippen LogP contribution in [0.2, 0.25) is 0 Å². The standard InChI is InChI=1S/C21H32N6.HI/c1-2-22-21(23-11-7-15-26-13-5-6-14-26)24-17-19-9-3-4-10-20(19)18-27-16-8-12-25-27;/h3-4,8-10,12,16H,2,5-7,11,13-15,17-18H2,1H3,(H2,22,23,24);1H. The van der Waals surface area contributed by atoms with Gasteiger partial charge >= 0.3 is 0 Å². The number of likely N-dealkylation sites (tertiary alicyclic amines) is 1. The summed E-state index contributed by atoms with van der Waals surface area (Å²) in [5.41, 5.74) is 2.50. The number of hydrogen-bond acceptors (Lipinski definition) is 3. The topological polar surface area (TPSA) is 57.5 Å². The zero-order valence-electron chi connectivity index (χ0n) is 16.8. The van der Waals surface area contributed by atoms with Gasteiger partial charge in [0.15, 0.2) is 5.96 Å². The van der Waals surface area contributed by atoms with Crippen molar-refractivity contribution >= 4 is 29.9 Å². The molecule has 0 bridgehead atoms. The zero-order valence-corrected chi connectivity index (χ0v) is 19.1. The molecule has 1 saturated heterocycles. The molecule has 6 nitrogen and oxygen atoms in total. The second kappa shape index (κ2) is 12.8. The lowest BCUT2D eigenvalue weighted by atomic mass is 10.1. The molecule has 28 heavy (non-hydrogen) atoms. The number of nitrogens with one attached hydrogen (secondary N) is 2. The fraction of sp³-hybridized carbons (Fsp3) is 0.524. The van der Waals surface area contributed by atoms with E-state index in [9.17, 15) is 0 Å². The molecule has 2 heterocycles. The first-order valence-corrected chi connectivity index (χ1v) is 10.1. The molecule has 0 unspecified atom stereocenters. The molecular formula is C21H33IN6. The molecule has 0 atom stereocenters. The monoisotopic (exact) mass is 496 g/mol. The van der Waals surface area contributed by atoms with Crippen LogP contribution in [0.4, 0.5) is 0 Å². The lowest BCUT2D eigenvalue weighted by Gasteiger charge is -2.16. The third-order valence-electron chi connectivity index (χ3n) is 4.90. The third kappa shape index (κ3) is 7.43. The van der Waals surface area contributed by atoms with Gasteiger partial charge in [-0.05, 0) is 63.0 Å². The molecule has 2 aromatic rings. The molecule has 0 radical (unpaired) electrons. The molecule has 0 saturated carbocycles. The van der Waals surface area contributed by atoms with Crippen LogP contribution in [0.15, 0.2) is 47.7 Å². The summed E-state index contributed by atoms with van der Waals surface area (Å²) in [5.74, 6) is 0.896. The minimum Gasteiger partial charge on any atom is -0.357 e. The highest BCUT2D eigenvalue weighted by molar-refractivity contribution is 14.0. The number of rotatable bonds is 9. The van der Waals surface area contributed by atoms with Gasteiger partial charge in [-0.15, -0.1) is 24.0 Å². The van der Waals surface area contributed by atoms with Gasteiger partial charge in [-0.2, -0.15) is 5.10 Å². The van der Waals surface area contributed by atoms with Crippen molar-refractivity contribution in [1.29, 1.82) is 0 Å². The second-order valence-electron chi connectivity index (χ2n) is 7.00. The van der Waals surface area contributed by atoms with Crippen molar-refractivity contribution in [2.75, 3.05) is 32.7 Å². The first-order chi connectivity index (χ1) is 13.3. The van der Waals surface area contributed by atoms with Crippen LogP contribution in [-0.4, -0.2) is 53.4 Å². The smallest absolute Gasteiger partial charge is 0.191 e. The highest BCUT2D eigenvalue weighted by Crippen LogP contribution is 2.12. The van der Waals surface area contributed by atoms with E-state index < -0.39 is 0 Å². The SMILES string of the molecule is CCNC(=NCc1ccccc1Cn1cccn1)NCCCN1CCCC1.I. The van der Waals surface area contributed by atoms with Gasteiger partial charge in [-0.1, -0.05) is 24.3 Å². The molecule has 1 aromatic heterocycles. The average molecular weight is 496 g/mol. The van der Waals surface area contributed by atoms with Crippen LogP contribution in [0, 0.1) is 0 Å². The summed E-state index contributed by atoms with van der Waals surface area (Å²) in [6, 6.07) is 10.4. The maximum Gasteiger partial charge on any atom is 0.191 e. The Kier molecular flexibility index (Phi) is 10.3. The van der Waals surface area contributed by atoms with Crippen LogP contribution in [0.3, 0.4) is 0 Å². The number of aliphatic imine (C=N–C) groups is 1. The van der Waals surface area contributed by atoms with E-state index in [1.807, 2.05) is 23.1 Å². The van der Waals surface area contributed by atoms with E-state index in [0.717, 1.165) is 32.0 Å². The van der Waals surface area contributed by atoms with E-state index in [-0.39, 0.29) is 24.0 Å². The lowest BCUT2D eigenvalue weighted by Crippen LogP contribution is -2.38. The molecule has 0 amide bonds. The van der Waals surface area contributed by atoms with E-state index in [0.29, 0.717) is 6.54 Å². The van der Waals surface area contributed by atoms with Crippen molar-refractivity contribution in [3.8, 4) is 0 Å². The number of aromatic nitrogens is 2. The molecule has 7 heteroatoms. The quantitative estimate of drug-likeness (QED) is 0.243. The average Bonchev–Trinajstić information content (AvgIpc) is 3.38. The van der Waals surface area contributed by atoms with Gasteiger partial charge in [0.1, 0.15) is 0 Å². The molecule has 154 valence electrons. The Morgan fingerprint density at radius 1 is 1.11 bits per heavy atom. The number of halogens is 1. The maximum absolute atomic E-state index is 4.79. The number of guanidine groups is 1. The van der Waals surface area contributed by atoms with Gasteiger partial charge in [0.25, 0.3) is 0 Å². The Balaban J connectivity index is 0.00000280. The number of nitrogens with zero attached hydrogens (tertiary/aromatic N) is 4.